The smallest absolute Gasteiger partial charge is 0.238 e. The van der Waals surface area contributed by atoms with Crippen LogP contribution in [-0.2, 0) is 14.8 Å². The van der Waals surface area contributed by atoms with Crippen LogP contribution in [0.5, 0.6) is 0 Å². The standard InChI is InChI=1S/C19H26N4O3S2/c1-12-8-9-15(10-17(12)28(20,25)26)22-18(24)11-27-19-21-13(2)14(3)23(19)16-6-4-5-7-16/h8-10,16H,4-7,11H2,1-3H3,(H,22,24)(H2,20,25,26). The van der Waals surface area contributed by atoms with E-state index in [0.29, 0.717) is 17.3 Å². The zero-order valence-corrected chi connectivity index (χ0v) is 18.0. The predicted octanol–water partition coefficient (Wildman–Crippen LogP) is 3.30. The Balaban J connectivity index is 1.70. The van der Waals surface area contributed by atoms with Crippen LogP contribution in [0, 0.1) is 20.8 Å². The molecule has 0 radical (unpaired) electrons. The van der Waals surface area contributed by atoms with Crippen LogP contribution in [0.3, 0.4) is 0 Å². The van der Waals surface area contributed by atoms with E-state index in [2.05, 4.69) is 21.8 Å². The number of imidazole rings is 1. The fourth-order valence-corrected chi connectivity index (χ4v) is 5.37. The van der Waals surface area contributed by atoms with Crippen molar-refractivity contribution in [2.45, 2.75) is 62.5 Å². The van der Waals surface area contributed by atoms with Gasteiger partial charge in [0.15, 0.2) is 5.16 Å². The van der Waals surface area contributed by atoms with Crippen molar-refractivity contribution in [3.63, 3.8) is 0 Å². The molecule has 2 aromatic rings. The summed E-state index contributed by atoms with van der Waals surface area (Å²) in [4.78, 5) is 17.1. The molecule has 3 N–H and O–H groups in total. The summed E-state index contributed by atoms with van der Waals surface area (Å²) in [7, 11) is -3.83. The molecule has 1 heterocycles. The van der Waals surface area contributed by atoms with Crippen molar-refractivity contribution in [2.24, 2.45) is 5.14 Å². The van der Waals surface area contributed by atoms with Crippen LogP contribution in [0.15, 0.2) is 28.3 Å². The van der Waals surface area contributed by atoms with Crippen LogP contribution in [-0.4, -0.2) is 29.6 Å². The SMILES string of the molecule is Cc1ccc(NC(=O)CSc2nc(C)c(C)n2C2CCCC2)cc1S(N)(=O)=O. The highest BCUT2D eigenvalue weighted by Gasteiger charge is 2.23. The number of aryl methyl sites for hydroxylation is 2. The first kappa shape index (κ1) is 20.9. The Labute approximate surface area is 170 Å². The van der Waals surface area contributed by atoms with Gasteiger partial charge in [-0.3, -0.25) is 4.79 Å². The molecule has 0 spiro atoms. The molecule has 0 aliphatic heterocycles. The van der Waals surface area contributed by atoms with E-state index in [1.54, 1.807) is 19.1 Å². The number of benzene rings is 1. The normalized spacial score (nSPS) is 15.1. The van der Waals surface area contributed by atoms with Crippen molar-refractivity contribution < 1.29 is 13.2 Å². The Morgan fingerprint density at radius 1 is 1.29 bits per heavy atom. The summed E-state index contributed by atoms with van der Waals surface area (Å²) in [6.45, 7) is 5.73. The van der Waals surface area contributed by atoms with Gasteiger partial charge in [0.25, 0.3) is 0 Å². The Kier molecular flexibility index (Phi) is 6.16. The maximum absolute atomic E-state index is 12.4. The van der Waals surface area contributed by atoms with Gasteiger partial charge in [0.05, 0.1) is 16.3 Å². The summed E-state index contributed by atoms with van der Waals surface area (Å²) in [6.07, 6.45) is 4.75. The number of hydrogen-bond donors (Lipinski definition) is 2. The number of amides is 1. The van der Waals surface area contributed by atoms with Crippen molar-refractivity contribution >= 4 is 33.4 Å². The number of carbonyl (C=O) groups excluding carboxylic acids is 1. The topological polar surface area (TPSA) is 107 Å². The summed E-state index contributed by atoms with van der Waals surface area (Å²) in [6, 6.07) is 5.14. The zero-order chi connectivity index (χ0) is 20.5. The Morgan fingerprint density at radius 2 is 1.96 bits per heavy atom. The van der Waals surface area contributed by atoms with Crippen molar-refractivity contribution in [2.75, 3.05) is 11.1 Å². The zero-order valence-electron chi connectivity index (χ0n) is 16.4. The summed E-state index contributed by atoms with van der Waals surface area (Å²) >= 11 is 1.41. The molecule has 9 heteroatoms. The van der Waals surface area contributed by atoms with Gasteiger partial charge in [-0.15, -0.1) is 0 Å². The summed E-state index contributed by atoms with van der Waals surface area (Å²) in [5.41, 5.74) is 3.10. The second kappa shape index (κ2) is 8.26. The number of carbonyl (C=O) groups is 1. The highest BCUT2D eigenvalue weighted by molar-refractivity contribution is 7.99. The molecule has 1 aliphatic rings. The van der Waals surface area contributed by atoms with Gasteiger partial charge in [0.2, 0.25) is 15.9 Å². The number of aromatic nitrogens is 2. The van der Waals surface area contributed by atoms with E-state index < -0.39 is 10.0 Å². The van der Waals surface area contributed by atoms with Gasteiger partial charge in [-0.2, -0.15) is 0 Å². The molecular formula is C19H26N4O3S2. The lowest BCUT2D eigenvalue weighted by Crippen LogP contribution is -2.17. The van der Waals surface area contributed by atoms with Gasteiger partial charge in [0.1, 0.15) is 0 Å². The average molecular weight is 423 g/mol. The number of hydrogen-bond acceptors (Lipinski definition) is 5. The third-order valence-electron chi connectivity index (χ3n) is 5.16. The largest absolute Gasteiger partial charge is 0.325 e. The molecule has 1 aromatic heterocycles. The van der Waals surface area contributed by atoms with Crippen LogP contribution >= 0.6 is 11.8 Å². The molecule has 152 valence electrons. The first-order valence-corrected chi connectivity index (χ1v) is 11.8. The molecule has 0 atom stereocenters. The molecule has 1 fully saturated rings. The van der Waals surface area contributed by atoms with E-state index in [0.717, 1.165) is 29.4 Å². The number of primary sulfonamides is 1. The number of sulfonamides is 1. The van der Waals surface area contributed by atoms with Gasteiger partial charge in [0, 0.05) is 17.4 Å². The maximum atomic E-state index is 12.4. The van der Waals surface area contributed by atoms with Crippen molar-refractivity contribution in [1.82, 2.24) is 9.55 Å². The van der Waals surface area contributed by atoms with Crippen LogP contribution < -0.4 is 10.5 Å². The third kappa shape index (κ3) is 4.59. The van der Waals surface area contributed by atoms with E-state index in [1.165, 1.54) is 30.7 Å². The van der Waals surface area contributed by atoms with E-state index in [-0.39, 0.29) is 16.6 Å². The van der Waals surface area contributed by atoms with Crippen LogP contribution in [0.2, 0.25) is 0 Å². The van der Waals surface area contributed by atoms with Gasteiger partial charge < -0.3 is 9.88 Å². The van der Waals surface area contributed by atoms with Gasteiger partial charge in [-0.25, -0.2) is 18.5 Å². The van der Waals surface area contributed by atoms with Crippen LogP contribution in [0.4, 0.5) is 5.69 Å². The van der Waals surface area contributed by atoms with Crippen molar-refractivity contribution in [3.8, 4) is 0 Å². The summed E-state index contributed by atoms with van der Waals surface area (Å²) in [5, 5.41) is 8.84. The lowest BCUT2D eigenvalue weighted by Gasteiger charge is -2.17. The first-order valence-electron chi connectivity index (χ1n) is 9.28. The molecular weight excluding hydrogens is 396 g/mol. The minimum absolute atomic E-state index is 0.0148. The Hall–Kier alpha value is -1.84. The summed E-state index contributed by atoms with van der Waals surface area (Å²) < 4.78 is 25.6. The molecule has 1 saturated carbocycles. The molecule has 0 unspecified atom stereocenters. The molecule has 7 nitrogen and oxygen atoms in total. The fraction of sp³-hybridized carbons (Fsp3) is 0.474. The number of nitrogens with zero attached hydrogens (tertiary/aromatic N) is 2. The van der Waals surface area contributed by atoms with Gasteiger partial charge in [-0.1, -0.05) is 30.7 Å². The molecule has 1 aliphatic carbocycles. The highest BCUT2D eigenvalue weighted by Crippen LogP contribution is 2.35. The van der Waals surface area contributed by atoms with E-state index in [1.807, 2.05) is 6.92 Å². The average Bonchev–Trinajstić information content (AvgIpc) is 3.22. The lowest BCUT2D eigenvalue weighted by atomic mass is 10.2. The number of rotatable bonds is 6. The lowest BCUT2D eigenvalue weighted by molar-refractivity contribution is -0.113. The van der Waals surface area contributed by atoms with Crippen LogP contribution in [0.1, 0.15) is 48.7 Å². The second-order valence-corrected chi connectivity index (χ2v) is 9.71. The second-order valence-electron chi connectivity index (χ2n) is 7.24. The molecule has 0 saturated heterocycles. The Bertz CT molecular complexity index is 993. The molecule has 0 bridgehead atoms. The minimum atomic E-state index is -3.83. The van der Waals surface area contributed by atoms with Gasteiger partial charge >= 0.3 is 0 Å². The summed E-state index contributed by atoms with van der Waals surface area (Å²) in [5.74, 6) is -0.0215. The predicted molar refractivity (Wildman–Crippen MR) is 111 cm³/mol. The fourth-order valence-electron chi connectivity index (χ4n) is 3.60. The number of anilines is 1. The number of nitrogens with two attached hydrogens (primary N) is 1. The van der Waals surface area contributed by atoms with E-state index in [4.69, 9.17) is 5.14 Å². The molecule has 1 amide bonds. The Morgan fingerprint density at radius 3 is 2.61 bits per heavy atom. The van der Waals surface area contributed by atoms with Gasteiger partial charge in [-0.05, 0) is 51.3 Å². The van der Waals surface area contributed by atoms with E-state index in [9.17, 15) is 13.2 Å². The van der Waals surface area contributed by atoms with Crippen LogP contribution in [0.25, 0.3) is 0 Å². The van der Waals surface area contributed by atoms with E-state index >= 15 is 0 Å². The monoisotopic (exact) mass is 422 g/mol. The number of thioether (sulfide) groups is 1. The first-order chi connectivity index (χ1) is 13.2. The highest BCUT2D eigenvalue weighted by atomic mass is 32.2. The molecule has 3 rings (SSSR count). The molecule has 28 heavy (non-hydrogen) atoms. The quantitative estimate of drug-likeness (QED) is 0.695. The third-order valence-corrected chi connectivity index (χ3v) is 7.16. The molecule has 1 aromatic carbocycles. The number of nitrogens with one attached hydrogen (secondary N) is 1. The van der Waals surface area contributed by atoms with Crippen molar-refractivity contribution in [3.05, 3.63) is 35.2 Å². The van der Waals surface area contributed by atoms with Crippen molar-refractivity contribution in [1.29, 1.82) is 0 Å². The minimum Gasteiger partial charge on any atom is -0.325 e. The maximum Gasteiger partial charge on any atom is 0.238 e.